The van der Waals surface area contributed by atoms with Gasteiger partial charge in [0.1, 0.15) is 17.8 Å². The molecule has 0 saturated carbocycles. The predicted octanol–water partition coefficient (Wildman–Crippen LogP) is 1.86. The Morgan fingerprint density at radius 2 is 2.00 bits per heavy atom. The molecule has 0 aliphatic rings. The number of furan rings is 1. The van der Waals surface area contributed by atoms with E-state index in [9.17, 15) is 4.79 Å². The van der Waals surface area contributed by atoms with E-state index in [0.717, 1.165) is 5.56 Å². The van der Waals surface area contributed by atoms with E-state index >= 15 is 0 Å². The fourth-order valence-electron chi connectivity index (χ4n) is 1.84. The quantitative estimate of drug-likeness (QED) is 0.523. The smallest absolute Gasteiger partial charge is 0.305 e. The number of nitrogen functional groups attached to an aromatic ring is 1. The second-order valence-electron chi connectivity index (χ2n) is 4.89. The van der Waals surface area contributed by atoms with E-state index in [-0.39, 0.29) is 17.3 Å². The fraction of sp³-hybridized carbons (Fsp3) is 0.0667. The van der Waals surface area contributed by atoms with Crippen LogP contribution in [0.15, 0.2) is 47.5 Å². The molecule has 0 bridgehead atoms. The van der Waals surface area contributed by atoms with Crippen LogP contribution in [0.2, 0.25) is 0 Å². The Bertz CT molecular complexity index is 832. The van der Waals surface area contributed by atoms with Crippen LogP contribution in [0.4, 0.5) is 23.1 Å². The van der Waals surface area contributed by atoms with Gasteiger partial charge in [-0.2, -0.15) is 0 Å². The number of carbonyl (C=O) groups excluding carboxylic acids is 1. The topological polar surface area (TPSA) is 131 Å². The number of carbonyl (C=O) groups is 1. The maximum atomic E-state index is 11.8. The van der Waals surface area contributed by atoms with Gasteiger partial charge in [0.2, 0.25) is 0 Å². The highest BCUT2D eigenvalue weighted by Crippen LogP contribution is 2.24. The fourth-order valence-corrected chi connectivity index (χ4v) is 1.84. The van der Waals surface area contributed by atoms with Gasteiger partial charge in [0, 0.05) is 6.20 Å². The summed E-state index contributed by atoms with van der Waals surface area (Å²) in [6.07, 6.45) is 4.45. The number of hydrogen-bond donors (Lipinski definition) is 4. The van der Waals surface area contributed by atoms with Crippen molar-refractivity contribution in [2.45, 2.75) is 6.92 Å². The molecule has 9 nitrogen and oxygen atoms in total. The lowest BCUT2D eigenvalue weighted by Crippen LogP contribution is -2.30. The van der Waals surface area contributed by atoms with E-state index in [0.29, 0.717) is 11.6 Å². The van der Waals surface area contributed by atoms with Crippen molar-refractivity contribution in [1.29, 1.82) is 0 Å². The van der Waals surface area contributed by atoms with Gasteiger partial charge in [0.25, 0.3) is 0 Å². The Morgan fingerprint density at radius 1 is 1.17 bits per heavy atom. The molecule has 24 heavy (non-hydrogen) atoms. The highest BCUT2D eigenvalue weighted by molar-refractivity contribution is 5.92. The van der Waals surface area contributed by atoms with Gasteiger partial charge in [-0.25, -0.2) is 15.0 Å². The van der Waals surface area contributed by atoms with E-state index in [1.54, 1.807) is 12.3 Å². The van der Waals surface area contributed by atoms with Gasteiger partial charge in [0.15, 0.2) is 17.4 Å². The van der Waals surface area contributed by atoms with E-state index < -0.39 is 5.91 Å². The summed E-state index contributed by atoms with van der Waals surface area (Å²) in [5, 5.41) is 3.00. The Kier molecular flexibility index (Phi) is 4.23. The number of hydrogen-bond acceptors (Lipinski definition) is 8. The number of rotatable bonds is 5. The van der Waals surface area contributed by atoms with Crippen LogP contribution in [-0.4, -0.2) is 20.9 Å². The van der Waals surface area contributed by atoms with Gasteiger partial charge < -0.3 is 15.5 Å². The molecule has 0 unspecified atom stereocenters. The number of nitrogens with one attached hydrogen (secondary N) is 3. The number of aromatic nitrogens is 3. The molecule has 0 fully saturated rings. The van der Waals surface area contributed by atoms with Crippen molar-refractivity contribution >= 4 is 29.0 Å². The number of hydrazine groups is 1. The second kappa shape index (κ2) is 6.65. The Labute approximate surface area is 137 Å². The Balaban J connectivity index is 1.71. The van der Waals surface area contributed by atoms with Crippen molar-refractivity contribution in [3.8, 4) is 0 Å². The maximum absolute atomic E-state index is 11.8. The lowest BCUT2D eigenvalue weighted by atomic mass is 10.3. The van der Waals surface area contributed by atoms with Crippen LogP contribution in [0.1, 0.15) is 16.1 Å². The number of nitrogens with two attached hydrogens (primary N) is 1. The van der Waals surface area contributed by atoms with Crippen molar-refractivity contribution in [1.82, 2.24) is 20.4 Å². The Hall–Kier alpha value is -3.62. The number of anilines is 4. The predicted molar refractivity (Wildman–Crippen MR) is 88.5 cm³/mol. The van der Waals surface area contributed by atoms with E-state index in [2.05, 4.69) is 31.1 Å². The molecule has 0 saturated heterocycles. The Morgan fingerprint density at radius 3 is 2.71 bits per heavy atom. The molecule has 122 valence electrons. The lowest BCUT2D eigenvalue weighted by Gasteiger charge is -2.12. The molecule has 1 amide bonds. The average Bonchev–Trinajstić information content (AvgIpc) is 3.12. The second-order valence-corrected chi connectivity index (χ2v) is 4.89. The van der Waals surface area contributed by atoms with Crippen molar-refractivity contribution in [3.05, 3.63) is 54.4 Å². The van der Waals surface area contributed by atoms with Crippen LogP contribution < -0.4 is 21.9 Å². The number of aryl methyl sites for hydroxylation is 1. The molecule has 3 heterocycles. The van der Waals surface area contributed by atoms with Gasteiger partial charge in [-0.3, -0.25) is 15.6 Å². The third-order valence-corrected chi connectivity index (χ3v) is 3.08. The van der Waals surface area contributed by atoms with E-state index in [4.69, 9.17) is 10.2 Å². The lowest BCUT2D eigenvalue weighted by molar-refractivity contribution is 0.0935. The number of nitrogens with zero attached hydrogens (tertiary/aromatic N) is 3. The summed E-state index contributed by atoms with van der Waals surface area (Å²) in [6.45, 7) is 1.94. The minimum Gasteiger partial charge on any atom is -0.459 e. The first-order valence-electron chi connectivity index (χ1n) is 7.03. The first-order chi connectivity index (χ1) is 11.6. The summed E-state index contributed by atoms with van der Waals surface area (Å²) in [6, 6.07) is 6.87. The normalized spacial score (nSPS) is 10.2. The zero-order valence-electron chi connectivity index (χ0n) is 12.8. The zero-order chi connectivity index (χ0) is 16.9. The molecule has 0 aromatic carbocycles. The van der Waals surface area contributed by atoms with E-state index in [1.807, 2.05) is 19.1 Å². The van der Waals surface area contributed by atoms with Crippen LogP contribution in [0.3, 0.4) is 0 Å². The molecule has 0 atom stereocenters. The molecule has 3 aromatic heterocycles. The minimum absolute atomic E-state index is 0.164. The van der Waals surface area contributed by atoms with Crippen LogP contribution >= 0.6 is 0 Å². The van der Waals surface area contributed by atoms with Crippen molar-refractivity contribution < 1.29 is 9.21 Å². The molecule has 0 aliphatic carbocycles. The van der Waals surface area contributed by atoms with Crippen molar-refractivity contribution in [3.63, 3.8) is 0 Å². The summed E-state index contributed by atoms with van der Waals surface area (Å²) in [5.74, 6) is 0.928. The zero-order valence-corrected chi connectivity index (χ0v) is 12.8. The number of pyridine rings is 1. The largest absolute Gasteiger partial charge is 0.459 e. The van der Waals surface area contributed by atoms with Gasteiger partial charge in [-0.05, 0) is 30.7 Å². The first-order valence-corrected chi connectivity index (χ1v) is 7.03. The SMILES string of the molecule is Cc1ccc(Nc2ncnc(NNC(=O)c3ccco3)c2N)nc1. The van der Waals surface area contributed by atoms with Crippen molar-refractivity contribution in [2.24, 2.45) is 0 Å². The van der Waals surface area contributed by atoms with Gasteiger partial charge in [-0.1, -0.05) is 6.07 Å². The average molecular weight is 325 g/mol. The molecular formula is C15H15N7O2. The van der Waals surface area contributed by atoms with Crippen LogP contribution in [0.5, 0.6) is 0 Å². The molecule has 3 rings (SSSR count). The molecule has 3 aromatic rings. The monoisotopic (exact) mass is 325 g/mol. The molecule has 9 heteroatoms. The molecule has 0 spiro atoms. The molecule has 0 radical (unpaired) electrons. The standard InChI is InChI=1S/C15H15N7O2/c1-9-4-5-11(17-7-9)20-13-12(16)14(19-8-18-13)21-22-15(23)10-3-2-6-24-10/h2-8H,16H2,1H3,(H,22,23)(H2,17,18,19,20,21). The van der Waals surface area contributed by atoms with Gasteiger partial charge in [-0.15, -0.1) is 0 Å². The van der Waals surface area contributed by atoms with Crippen LogP contribution in [0, 0.1) is 6.92 Å². The summed E-state index contributed by atoms with van der Waals surface area (Å²) in [5.41, 5.74) is 12.4. The third kappa shape index (κ3) is 3.40. The minimum atomic E-state index is -0.451. The third-order valence-electron chi connectivity index (χ3n) is 3.08. The van der Waals surface area contributed by atoms with Crippen LogP contribution in [0.25, 0.3) is 0 Å². The number of amides is 1. The summed E-state index contributed by atoms with van der Waals surface area (Å²) in [7, 11) is 0. The van der Waals surface area contributed by atoms with Crippen LogP contribution in [-0.2, 0) is 0 Å². The highest BCUT2D eigenvalue weighted by Gasteiger charge is 2.12. The molecule has 5 N–H and O–H groups in total. The van der Waals surface area contributed by atoms with E-state index in [1.165, 1.54) is 18.7 Å². The maximum Gasteiger partial charge on any atom is 0.305 e. The highest BCUT2D eigenvalue weighted by atomic mass is 16.3. The van der Waals surface area contributed by atoms with Gasteiger partial charge in [0.05, 0.1) is 6.26 Å². The van der Waals surface area contributed by atoms with Gasteiger partial charge >= 0.3 is 5.91 Å². The summed E-state index contributed by atoms with van der Waals surface area (Å²) >= 11 is 0. The summed E-state index contributed by atoms with van der Waals surface area (Å²) < 4.78 is 4.99. The summed E-state index contributed by atoms with van der Waals surface area (Å²) in [4.78, 5) is 24.1. The van der Waals surface area contributed by atoms with Crippen molar-refractivity contribution in [2.75, 3.05) is 16.5 Å². The molecule has 0 aliphatic heterocycles. The molecular weight excluding hydrogens is 310 g/mol. The first kappa shape index (κ1) is 15.3.